The quantitative estimate of drug-likeness (QED) is 0.872. The molecule has 0 unspecified atom stereocenters. The van der Waals surface area contributed by atoms with Gasteiger partial charge in [0.1, 0.15) is 30.6 Å². The standard InChI is InChI=1S/C16H12F2O2/c17-14-4-1-5-16(10-14)20-11-13-7-12(3-2-6-19)8-15(18)9-13/h1,4-5,7-10,19H,6,11H2. The molecule has 0 aromatic heterocycles. The maximum atomic E-state index is 13.4. The van der Waals surface area contributed by atoms with Crippen LogP contribution in [-0.2, 0) is 6.61 Å². The highest BCUT2D eigenvalue weighted by Crippen LogP contribution is 2.15. The number of benzene rings is 2. The Kier molecular flexibility index (Phi) is 4.70. The number of aliphatic hydroxyl groups excluding tert-OH is 1. The van der Waals surface area contributed by atoms with Crippen molar-refractivity contribution in [2.75, 3.05) is 6.61 Å². The van der Waals surface area contributed by atoms with Gasteiger partial charge in [-0.05, 0) is 35.9 Å². The van der Waals surface area contributed by atoms with Crippen LogP contribution >= 0.6 is 0 Å². The van der Waals surface area contributed by atoms with E-state index in [1.807, 2.05) is 0 Å². The summed E-state index contributed by atoms with van der Waals surface area (Å²) >= 11 is 0. The first-order chi connectivity index (χ1) is 9.67. The van der Waals surface area contributed by atoms with E-state index in [0.717, 1.165) is 0 Å². The molecule has 0 fully saturated rings. The van der Waals surface area contributed by atoms with Gasteiger partial charge in [-0.25, -0.2) is 8.78 Å². The third-order valence-electron chi connectivity index (χ3n) is 2.47. The molecule has 0 atom stereocenters. The average Bonchev–Trinajstić information content (AvgIpc) is 2.42. The van der Waals surface area contributed by atoms with E-state index >= 15 is 0 Å². The van der Waals surface area contributed by atoms with Crippen LogP contribution < -0.4 is 4.74 Å². The predicted octanol–water partition coefficient (Wildman–Crippen LogP) is 2.89. The van der Waals surface area contributed by atoms with Gasteiger partial charge in [0.2, 0.25) is 0 Å². The van der Waals surface area contributed by atoms with Crippen molar-refractivity contribution in [3.8, 4) is 17.6 Å². The summed E-state index contributed by atoms with van der Waals surface area (Å²) in [5, 5.41) is 8.62. The second kappa shape index (κ2) is 6.69. The molecule has 2 rings (SSSR count). The molecule has 0 heterocycles. The Labute approximate surface area is 115 Å². The topological polar surface area (TPSA) is 29.5 Å². The van der Waals surface area contributed by atoms with Crippen molar-refractivity contribution in [3.05, 3.63) is 65.2 Å². The van der Waals surface area contributed by atoms with E-state index in [2.05, 4.69) is 11.8 Å². The predicted molar refractivity (Wildman–Crippen MR) is 71.1 cm³/mol. The number of hydrogen-bond acceptors (Lipinski definition) is 2. The first kappa shape index (κ1) is 14.0. The van der Waals surface area contributed by atoms with Gasteiger partial charge in [0.15, 0.2) is 0 Å². The lowest BCUT2D eigenvalue weighted by Gasteiger charge is -2.07. The van der Waals surface area contributed by atoms with E-state index in [1.165, 1.54) is 30.3 Å². The Balaban J connectivity index is 2.11. The zero-order valence-electron chi connectivity index (χ0n) is 10.6. The molecule has 1 N–H and O–H groups in total. The van der Waals surface area contributed by atoms with Gasteiger partial charge < -0.3 is 9.84 Å². The van der Waals surface area contributed by atoms with Crippen LogP contribution in [0.1, 0.15) is 11.1 Å². The van der Waals surface area contributed by atoms with Gasteiger partial charge in [-0.1, -0.05) is 17.9 Å². The summed E-state index contributed by atoms with van der Waals surface area (Å²) in [6.07, 6.45) is 0. The van der Waals surface area contributed by atoms with Gasteiger partial charge in [-0.15, -0.1) is 0 Å². The highest BCUT2D eigenvalue weighted by Gasteiger charge is 2.02. The smallest absolute Gasteiger partial charge is 0.126 e. The second-order valence-electron chi connectivity index (χ2n) is 4.05. The summed E-state index contributed by atoms with van der Waals surface area (Å²) < 4.78 is 31.8. The van der Waals surface area contributed by atoms with E-state index in [1.54, 1.807) is 12.1 Å². The zero-order valence-corrected chi connectivity index (χ0v) is 10.6. The first-order valence-corrected chi connectivity index (χ1v) is 5.95. The lowest BCUT2D eigenvalue weighted by Crippen LogP contribution is -1.97. The van der Waals surface area contributed by atoms with Crippen molar-refractivity contribution >= 4 is 0 Å². The molecular weight excluding hydrogens is 262 g/mol. The summed E-state index contributed by atoms with van der Waals surface area (Å²) in [6.45, 7) is -0.180. The van der Waals surface area contributed by atoms with Gasteiger partial charge >= 0.3 is 0 Å². The first-order valence-electron chi connectivity index (χ1n) is 5.95. The van der Waals surface area contributed by atoms with Crippen molar-refractivity contribution < 1.29 is 18.6 Å². The van der Waals surface area contributed by atoms with Crippen molar-refractivity contribution in [3.63, 3.8) is 0 Å². The van der Waals surface area contributed by atoms with E-state index in [-0.39, 0.29) is 13.2 Å². The van der Waals surface area contributed by atoms with Crippen LogP contribution in [0, 0.1) is 23.5 Å². The fraction of sp³-hybridized carbons (Fsp3) is 0.125. The summed E-state index contributed by atoms with van der Waals surface area (Å²) in [5.74, 6) is 4.62. The molecule has 0 aliphatic heterocycles. The Morgan fingerprint density at radius 3 is 2.65 bits per heavy atom. The number of aliphatic hydroxyl groups is 1. The van der Waals surface area contributed by atoms with E-state index < -0.39 is 11.6 Å². The highest BCUT2D eigenvalue weighted by molar-refractivity contribution is 5.38. The Morgan fingerprint density at radius 1 is 1.05 bits per heavy atom. The van der Waals surface area contributed by atoms with Crippen molar-refractivity contribution in [1.82, 2.24) is 0 Å². The molecule has 2 nitrogen and oxygen atoms in total. The minimum atomic E-state index is -0.437. The Morgan fingerprint density at radius 2 is 1.90 bits per heavy atom. The van der Waals surface area contributed by atoms with Crippen LogP contribution in [0.2, 0.25) is 0 Å². The Bertz CT molecular complexity index is 657. The average molecular weight is 274 g/mol. The molecule has 0 spiro atoms. The lowest BCUT2D eigenvalue weighted by molar-refractivity contribution is 0.304. The van der Waals surface area contributed by atoms with Gasteiger partial charge in [0.05, 0.1) is 0 Å². The van der Waals surface area contributed by atoms with Crippen molar-refractivity contribution in [2.45, 2.75) is 6.61 Å². The fourth-order valence-electron chi connectivity index (χ4n) is 1.67. The number of rotatable bonds is 3. The molecule has 0 amide bonds. The van der Waals surface area contributed by atoms with E-state index in [4.69, 9.17) is 9.84 Å². The van der Waals surface area contributed by atoms with Crippen molar-refractivity contribution in [1.29, 1.82) is 0 Å². The minimum absolute atomic E-state index is 0.106. The molecule has 2 aromatic carbocycles. The van der Waals surface area contributed by atoms with Crippen LogP contribution in [0.25, 0.3) is 0 Å². The fourth-order valence-corrected chi connectivity index (χ4v) is 1.67. The van der Waals surface area contributed by atoms with Crippen LogP contribution in [0.15, 0.2) is 42.5 Å². The third kappa shape index (κ3) is 4.08. The molecule has 0 radical (unpaired) electrons. The molecule has 0 aliphatic carbocycles. The maximum absolute atomic E-state index is 13.4. The Hall–Kier alpha value is -2.38. The van der Waals surface area contributed by atoms with Gasteiger partial charge in [-0.2, -0.15) is 0 Å². The molecule has 20 heavy (non-hydrogen) atoms. The highest BCUT2D eigenvalue weighted by atomic mass is 19.1. The van der Waals surface area contributed by atoms with Crippen LogP contribution in [0.3, 0.4) is 0 Å². The van der Waals surface area contributed by atoms with Gasteiger partial charge in [0, 0.05) is 11.6 Å². The molecule has 4 heteroatoms. The molecule has 0 aliphatic rings. The van der Waals surface area contributed by atoms with Crippen LogP contribution in [0.5, 0.6) is 5.75 Å². The number of ether oxygens (including phenoxy) is 1. The molecule has 2 aromatic rings. The molecule has 102 valence electrons. The summed E-state index contributed by atoms with van der Waals surface area (Å²) in [5.41, 5.74) is 1.04. The molecule has 0 saturated heterocycles. The lowest BCUT2D eigenvalue weighted by atomic mass is 10.1. The van der Waals surface area contributed by atoms with Crippen LogP contribution in [-0.4, -0.2) is 11.7 Å². The summed E-state index contributed by atoms with van der Waals surface area (Å²) in [7, 11) is 0. The van der Waals surface area contributed by atoms with E-state index in [9.17, 15) is 8.78 Å². The maximum Gasteiger partial charge on any atom is 0.126 e. The molecular formula is C16H12F2O2. The second-order valence-corrected chi connectivity index (χ2v) is 4.05. The monoisotopic (exact) mass is 274 g/mol. The normalized spacial score (nSPS) is 9.75. The third-order valence-corrected chi connectivity index (χ3v) is 2.47. The van der Waals surface area contributed by atoms with Crippen molar-refractivity contribution in [2.24, 2.45) is 0 Å². The van der Waals surface area contributed by atoms with E-state index in [0.29, 0.717) is 16.9 Å². The number of halogens is 2. The zero-order chi connectivity index (χ0) is 14.4. The van der Waals surface area contributed by atoms with Gasteiger partial charge in [-0.3, -0.25) is 0 Å². The minimum Gasteiger partial charge on any atom is -0.489 e. The molecule has 0 saturated carbocycles. The largest absolute Gasteiger partial charge is 0.489 e. The summed E-state index contributed by atoms with van der Waals surface area (Å²) in [6, 6.07) is 9.98. The molecule has 0 bridgehead atoms. The van der Waals surface area contributed by atoms with Crippen LogP contribution in [0.4, 0.5) is 8.78 Å². The van der Waals surface area contributed by atoms with Gasteiger partial charge in [0.25, 0.3) is 0 Å². The SMILES string of the molecule is OCC#Cc1cc(F)cc(COc2cccc(F)c2)c1. The number of hydrogen-bond donors (Lipinski definition) is 1. The summed E-state index contributed by atoms with van der Waals surface area (Å²) in [4.78, 5) is 0.